The lowest BCUT2D eigenvalue weighted by molar-refractivity contribution is 0.475. The van der Waals surface area contributed by atoms with Gasteiger partial charge in [0.05, 0.1) is 11.1 Å². The van der Waals surface area contributed by atoms with E-state index in [1.165, 1.54) is 0 Å². The van der Waals surface area contributed by atoms with Gasteiger partial charge >= 0.3 is 0 Å². The first-order chi connectivity index (χ1) is 13.2. The molecule has 0 saturated carbocycles. The van der Waals surface area contributed by atoms with Crippen molar-refractivity contribution in [2.24, 2.45) is 0 Å². The number of aromatic nitrogens is 7. The zero-order valence-electron chi connectivity index (χ0n) is 15.4. The first-order valence-electron chi connectivity index (χ1n) is 9.22. The van der Waals surface area contributed by atoms with Gasteiger partial charge in [0.1, 0.15) is 11.6 Å². The van der Waals surface area contributed by atoms with Crippen LogP contribution in [-0.2, 0) is 0 Å². The summed E-state index contributed by atoms with van der Waals surface area (Å²) in [4.78, 5) is 15.9. The highest BCUT2D eigenvalue weighted by Crippen LogP contribution is 2.31. The van der Waals surface area contributed by atoms with Crippen molar-refractivity contribution in [3.8, 4) is 0 Å². The molecule has 1 fully saturated rings. The van der Waals surface area contributed by atoms with E-state index in [1.807, 2.05) is 42.6 Å². The molecule has 27 heavy (non-hydrogen) atoms. The number of nitrogens with zero attached hydrogens (tertiary/aromatic N) is 8. The number of hydrogen-bond donors (Lipinski definition) is 0. The lowest BCUT2D eigenvalue weighted by Crippen LogP contribution is -2.34. The second-order valence-electron chi connectivity index (χ2n) is 7.03. The molecule has 8 nitrogen and oxygen atoms in total. The summed E-state index contributed by atoms with van der Waals surface area (Å²) in [7, 11) is 0. The van der Waals surface area contributed by atoms with E-state index in [9.17, 15) is 0 Å². The van der Waals surface area contributed by atoms with Gasteiger partial charge in [-0.15, -0.1) is 10.2 Å². The largest absolute Gasteiger partial charge is 0.356 e. The molecule has 1 saturated heterocycles. The van der Waals surface area contributed by atoms with E-state index in [4.69, 9.17) is 4.98 Å². The van der Waals surface area contributed by atoms with E-state index < -0.39 is 0 Å². The average molecular weight is 360 g/mol. The lowest BCUT2D eigenvalue weighted by Gasteiger charge is -2.32. The smallest absolute Gasteiger partial charge is 0.177 e. The number of anilines is 1. The normalized spacial score (nSPS) is 15.7. The standard InChI is InChI=1S/C19H20N8/c1-12-5-6-16-23-24-18(27(16)25-12)14-7-10-26(11-8-14)19-15-4-3-9-20-17(15)21-13(2)22-19/h3-6,9,14H,7-8,10-11H2,1-2H3. The molecule has 8 heteroatoms. The van der Waals surface area contributed by atoms with E-state index >= 15 is 0 Å². The molecule has 4 aromatic heterocycles. The molecule has 0 N–H and O–H groups in total. The molecule has 1 aliphatic rings. The van der Waals surface area contributed by atoms with Crippen molar-refractivity contribution in [3.05, 3.63) is 47.8 Å². The van der Waals surface area contributed by atoms with Crippen LogP contribution in [0.25, 0.3) is 16.7 Å². The topological polar surface area (TPSA) is 85.0 Å². The van der Waals surface area contributed by atoms with Crippen LogP contribution >= 0.6 is 0 Å². The molecule has 0 amide bonds. The lowest BCUT2D eigenvalue weighted by atomic mass is 9.96. The molecule has 136 valence electrons. The molecular weight excluding hydrogens is 340 g/mol. The number of aryl methyl sites for hydroxylation is 2. The number of rotatable bonds is 2. The number of fused-ring (bicyclic) bond motifs is 2. The van der Waals surface area contributed by atoms with Gasteiger partial charge in [0.25, 0.3) is 0 Å². The molecule has 5 heterocycles. The Kier molecular flexibility index (Phi) is 3.70. The number of hydrogen-bond acceptors (Lipinski definition) is 7. The van der Waals surface area contributed by atoms with Crippen LogP contribution in [0, 0.1) is 13.8 Å². The van der Waals surface area contributed by atoms with Gasteiger partial charge in [-0.3, -0.25) is 0 Å². The van der Waals surface area contributed by atoms with Crippen molar-refractivity contribution in [1.82, 2.24) is 34.8 Å². The fourth-order valence-corrected chi connectivity index (χ4v) is 3.79. The maximum absolute atomic E-state index is 4.70. The summed E-state index contributed by atoms with van der Waals surface area (Å²) in [5.74, 6) is 3.03. The summed E-state index contributed by atoms with van der Waals surface area (Å²) >= 11 is 0. The monoisotopic (exact) mass is 360 g/mol. The van der Waals surface area contributed by atoms with E-state index in [2.05, 4.69) is 30.2 Å². The predicted molar refractivity (Wildman–Crippen MR) is 102 cm³/mol. The van der Waals surface area contributed by atoms with Crippen LogP contribution in [0.4, 0.5) is 5.82 Å². The maximum Gasteiger partial charge on any atom is 0.177 e. The van der Waals surface area contributed by atoms with Crippen LogP contribution in [0.1, 0.15) is 36.1 Å². The van der Waals surface area contributed by atoms with Crippen LogP contribution in [0.3, 0.4) is 0 Å². The molecule has 0 aromatic carbocycles. The Labute approximate surface area is 156 Å². The van der Waals surface area contributed by atoms with E-state index in [-0.39, 0.29) is 0 Å². The van der Waals surface area contributed by atoms with Gasteiger partial charge in [-0.1, -0.05) is 0 Å². The van der Waals surface area contributed by atoms with Gasteiger partial charge in [-0.2, -0.15) is 9.61 Å². The van der Waals surface area contributed by atoms with E-state index in [1.54, 1.807) is 6.20 Å². The summed E-state index contributed by atoms with van der Waals surface area (Å²) in [5, 5.41) is 14.3. The fraction of sp³-hybridized carbons (Fsp3) is 0.368. The van der Waals surface area contributed by atoms with Gasteiger partial charge in [0, 0.05) is 25.2 Å². The molecule has 5 rings (SSSR count). The van der Waals surface area contributed by atoms with E-state index in [0.717, 1.165) is 65.8 Å². The molecule has 4 aromatic rings. The Bertz CT molecular complexity index is 1130. The SMILES string of the molecule is Cc1ccc2nnc(C3CCN(c4nc(C)nc5ncccc45)CC3)n2n1. The second kappa shape index (κ2) is 6.22. The van der Waals surface area contributed by atoms with Crippen LogP contribution in [0.15, 0.2) is 30.5 Å². The van der Waals surface area contributed by atoms with Gasteiger partial charge in [-0.05, 0) is 51.0 Å². The van der Waals surface area contributed by atoms with Crippen LogP contribution < -0.4 is 4.90 Å². The Morgan fingerprint density at radius 3 is 2.70 bits per heavy atom. The quantitative estimate of drug-likeness (QED) is 0.543. The summed E-state index contributed by atoms with van der Waals surface area (Å²) in [6.07, 6.45) is 3.75. The molecule has 0 spiro atoms. The third kappa shape index (κ3) is 2.77. The third-order valence-corrected chi connectivity index (χ3v) is 5.14. The van der Waals surface area contributed by atoms with Crippen molar-refractivity contribution in [1.29, 1.82) is 0 Å². The Balaban J connectivity index is 1.43. The van der Waals surface area contributed by atoms with Crippen molar-refractivity contribution in [2.75, 3.05) is 18.0 Å². The molecule has 0 radical (unpaired) electrons. The first kappa shape index (κ1) is 16.0. The van der Waals surface area contributed by atoms with Gasteiger partial charge in [-0.25, -0.2) is 15.0 Å². The third-order valence-electron chi connectivity index (χ3n) is 5.14. The van der Waals surface area contributed by atoms with Crippen LogP contribution in [0.5, 0.6) is 0 Å². The highest BCUT2D eigenvalue weighted by molar-refractivity contribution is 5.86. The molecule has 1 aliphatic heterocycles. The summed E-state index contributed by atoms with van der Waals surface area (Å²) in [5.41, 5.74) is 2.53. The van der Waals surface area contributed by atoms with Crippen molar-refractivity contribution in [3.63, 3.8) is 0 Å². The Hall–Kier alpha value is -3.16. The minimum Gasteiger partial charge on any atom is -0.356 e. The van der Waals surface area contributed by atoms with Crippen LogP contribution in [0.2, 0.25) is 0 Å². The average Bonchev–Trinajstić information content (AvgIpc) is 3.10. The van der Waals surface area contributed by atoms with Crippen LogP contribution in [-0.4, -0.2) is 47.9 Å². The molecular formula is C19H20N8. The number of piperidine rings is 1. The number of pyridine rings is 1. The molecule has 0 atom stereocenters. The minimum atomic E-state index is 0.345. The summed E-state index contributed by atoms with van der Waals surface area (Å²) in [6, 6.07) is 7.92. The first-order valence-corrected chi connectivity index (χ1v) is 9.22. The predicted octanol–water partition coefficient (Wildman–Crippen LogP) is 2.46. The zero-order valence-corrected chi connectivity index (χ0v) is 15.4. The van der Waals surface area contributed by atoms with Gasteiger partial charge < -0.3 is 4.90 Å². The fourth-order valence-electron chi connectivity index (χ4n) is 3.79. The molecule has 0 aliphatic carbocycles. The molecule has 0 unspecified atom stereocenters. The Morgan fingerprint density at radius 1 is 1.00 bits per heavy atom. The van der Waals surface area contributed by atoms with Crippen molar-refractivity contribution < 1.29 is 0 Å². The van der Waals surface area contributed by atoms with E-state index in [0.29, 0.717) is 5.92 Å². The highest BCUT2D eigenvalue weighted by atomic mass is 15.4. The summed E-state index contributed by atoms with van der Waals surface area (Å²) in [6.45, 7) is 5.72. The molecule has 0 bridgehead atoms. The highest BCUT2D eigenvalue weighted by Gasteiger charge is 2.27. The van der Waals surface area contributed by atoms with Crippen molar-refractivity contribution in [2.45, 2.75) is 32.6 Å². The van der Waals surface area contributed by atoms with Gasteiger partial charge in [0.15, 0.2) is 17.1 Å². The maximum atomic E-state index is 4.70. The zero-order chi connectivity index (χ0) is 18.4. The van der Waals surface area contributed by atoms with Crippen molar-refractivity contribution >= 4 is 22.5 Å². The minimum absolute atomic E-state index is 0.345. The summed E-state index contributed by atoms with van der Waals surface area (Å²) < 4.78 is 1.89. The Morgan fingerprint density at radius 2 is 1.85 bits per heavy atom. The van der Waals surface area contributed by atoms with Gasteiger partial charge in [0.2, 0.25) is 0 Å². The second-order valence-corrected chi connectivity index (χ2v) is 7.03.